The Morgan fingerprint density at radius 2 is 1.89 bits per heavy atom. The van der Waals surface area contributed by atoms with Crippen LogP contribution in [0, 0.1) is 17.0 Å². The minimum absolute atomic E-state index is 0.239. The maximum Gasteiger partial charge on any atom is 0.211 e. The first-order valence-electron chi connectivity index (χ1n) is 11.9. The lowest BCUT2D eigenvalue weighted by atomic mass is 9.84. The van der Waals surface area contributed by atoms with Crippen molar-refractivity contribution in [3.8, 4) is 22.6 Å². The number of aliphatic hydroxyl groups is 1. The maximum absolute atomic E-state index is 15.2. The van der Waals surface area contributed by atoms with Crippen molar-refractivity contribution in [1.29, 1.82) is 0 Å². The van der Waals surface area contributed by atoms with Gasteiger partial charge >= 0.3 is 0 Å². The zero-order valence-corrected chi connectivity index (χ0v) is 21.6. The Balaban J connectivity index is 1.79. The van der Waals surface area contributed by atoms with Gasteiger partial charge in [0.05, 0.1) is 17.5 Å². The number of halogens is 2. The Morgan fingerprint density at radius 3 is 2.57 bits per heavy atom. The van der Waals surface area contributed by atoms with Crippen LogP contribution in [-0.4, -0.2) is 40.4 Å². The number of aromatic nitrogens is 2. The summed E-state index contributed by atoms with van der Waals surface area (Å²) in [4.78, 5) is 4.38. The number of aliphatic hydroxyl groups excluding tert-OH is 1. The lowest BCUT2D eigenvalue weighted by Crippen LogP contribution is -2.52. The average molecular weight is 509 g/mol. The summed E-state index contributed by atoms with van der Waals surface area (Å²) in [6.45, 7) is 6.21. The fraction of sp³-hybridized carbons (Fsp3) is 0.286. The highest BCUT2D eigenvalue weighted by atomic mass is 19.2. The molecule has 0 radical (unpaired) electrons. The molecular formula is C28H32F2N5O2+. The van der Waals surface area contributed by atoms with Crippen molar-refractivity contribution in [2.45, 2.75) is 33.4 Å². The smallest absolute Gasteiger partial charge is 0.211 e. The largest absolute Gasteiger partial charge is 0.453 e. The molecule has 2 aromatic heterocycles. The number of pyridine rings is 1. The van der Waals surface area contributed by atoms with Gasteiger partial charge in [-0.05, 0) is 54.9 Å². The molecule has 4 aromatic rings. The van der Waals surface area contributed by atoms with Crippen LogP contribution in [0.25, 0.3) is 16.8 Å². The van der Waals surface area contributed by atoms with Gasteiger partial charge in [0, 0.05) is 36.6 Å². The Kier molecular flexibility index (Phi) is 7.29. The molecule has 1 unspecified atom stereocenters. The van der Waals surface area contributed by atoms with Gasteiger partial charge in [-0.25, -0.2) is 9.37 Å². The molecule has 1 atom stereocenters. The first kappa shape index (κ1) is 26.2. The molecule has 37 heavy (non-hydrogen) atoms. The number of hydrogen-bond donors (Lipinski definition) is 4. The molecule has 0 bridgehead atoms. The Morgan fingerprint density at radius 1 is 1.14 bits per heavy atom. The van der Waals surface area contributed by atoms with Gasteiger partial charge < -0.3 is 24.9 Å². The fourth-order valence-electron chi connectivity index (χ4n) is 4.14. The number of nitrogens with two attached hydrogens (primary N) is 1. The molecule has 0 spiro atoms. The zero-order valence-electron chi connectivity index (χ0n) is 21.6. The summed E-state index contributed by atoms with van der Waals surface area (Å²) in [6.07, 6.45) is 2.64. The van der Waals surface area contributed by atoms with Gasteiger partial charge in [0.2, 0.25) is 11.5 Å². The summed E-state index contributed by atoms with van der Waals surface area (Å²) in [7, 11) is 3.57. The van der Waals surface area contributed by atoms with E-state index in [4.69, 9.17) is 10.1 Å². The van der Waals surface area contributed by atoms with Crippen LogP contribution in [0.5, 0.6) is 11.5 Å². The summed E-state index contributed by atoms with van der Waals surface area (Å²) >= 11 is 0. The van der Waals surface area contributed by atoms with Crippen LogP contribution in [-0.2, 0) is 6.54 Å². The van der Waals surface area contributed by atoms with Gasteiger partial charge in [-0.15, -0.1) is 0 Å². The van der Waals surface area contributed by atoms with Gasteiger partial charge in [-0.3, -0.25) is 5.41 Å². The number of nitrogens with one attached hydrogen (secondary N) is 2. The third kappa shape index (κ3) is 5.19. The van der Waals surface area contributed by atoms with Gasteiger partial charge in [-0.1, -0.05) is 20.8 Å². The van der Waals surface area contributed by atoms with E-state index in [-0.39, 0.29) is 17.2 Å². The quantitative estimate of drug-likeness (QED) is 0.272. The molecule has 4 rings (SSSR count). The van der Waals surface area contributed by atoms with E-state index >= 15 is 4.39 Å². The van der Waals surface area contributed by atoms with Crippen LogP contribution in [0.4, 0.5) is 14.5 Å². The van der Waals surface area contributed by atoms with Gasteiger partial charge in [0.15, 0.2) is 11.6 Å². The second-order valence-corrected chi connectivity index (χ2v) is 9.95. The standard InChI is InChI=1S/C28H31F2N5O2/c1-28(2,3)27(36)25(31)20-12-18(7-10-22(20)33-5)37-26-19(8-9-21(29)24(26)30)16-6-11-23-34-14-17(13-32-4)35(23)15-16/h6-12,14-15,27,31-33,36H,13H2,1-5H3/p+1. The van der Waals surface area contributed by atoms with Crippen LogP contribution in [0.3, 0.4) is 0 Å². The first-order chi connectivity index (χ1) is 17.5. The van der Waals surface area contributed by atoms with Gasteiger partial charge in [-0.2, -0.15) is 4.39 Å². The van der Waals surface area contributed by atoms with Crippen molar-refractivity contribution < 1.29 is 24.0 Å². The molecule has 0 saturated heterocycles. The number of fused-ring (bicyclic) bond motifs is 1. The normalized spacial score (nSPS) is 12.5. The maximum atomic E-state index is 15.2. The summed E-state index contributed by atoms with van der Waals surface area (Å²) < 4.78 is 37.4. The summed E-state index contributed by atoms with van der Waals surface area (Å²) in [5.41, 5.74) is 3.55. The molecule has 0 amide bonds. The zero-order chi connectivity index (χ0) is 26.9. The van der Waals surface area contributed by atoms with Crippen molar-refractivity contribution in [2.75, 3.05) is 19.4 Å². The summed E-state index contributed by atoms with van der Waals surface area (Å²) in [6, 6.07) is 11.1. The summed E-state index contributed by atoms with van der Waals surface area (Å²) in [5.74, 6) is -2.15. The van der Waals surface area contributed by atoms with E-state index in [1.54, 1.807) is 37.5 Å². The molecule has 0 aliphatic heterocycles. The van der Waals surface area contributed by atoms with Crippen LogP contribution in [0.1, 0.15) is 32.0 Å². The molecule has 0 saturated carbocycles. The molecule has 2 aromatic carbocycles. The monoisotopic (exact) mass is 508 g/mol. The minimum Gasteiger partial charge on any atom is -0.453 e. The highest BCUT2D eigenvalue weighted by Crippen LogP contribution is 2.38. The predicted molar refractivity (Wildman–Crippen MR) is 141 cm³/mol. The number of benzene rings is 2. The molecule has 5 N–H and O–H groups in total. The Hall–Kier alpha value is -3.82. The SMILES string of the molecule is CNCc1cnc2ccc(-c3ccc(F)c(F)c3Oc3ccc(NC)c(C(=[NH2+])C(O)C(C)(C)C)c3)cn12. The first-order valence-corrected chi connectivity index (χ1v) is 11.9. The second-order valence-electron chi connectivity index (χ2n) is 9.95. The second kappa shape index (κ2) is 10.3. The summed E-state index contributed by atoms with van der Waals surface area (Å²) in [5, 5.41) is 23.2. The van der Waals surface area contributed by atoms with Crippen LogP contribution >= 0.6 is 0 Å². The molecular weight excluding hydrogens is 476 g/mol. The van der Waals surface area contributed by atoms with Crippen molar-refractivity contribution in [1.82, 2.24) is 14.7 Å². The van der Waals surface area contributed by atoms with E-state index in [1.165, 1.54) is 6.07 Å². The number of hydrogen-bond acceptors (Lipinski definition) is 5. The van der Waals surface area contributed by atoms with Crippen molar-refractivity contribution in [3.05, 3.63) is 77.8 Å². The third-order valence-electron chi connectivity index (χ3n) is 6.21. The van der Waals surface area contributed by atoms with Gasteiger partial charge in [0.25, 0.3) is 0 Å². The molecule has 194 valence electrons. The fourth-order valence-corrected chi connectivity index (χ4v) is 4.14. The van der Waals surface area contributed by atoms with E-state index in [1.807, 2.05) is 44.5 Å². The van der Waals surface area contributed by atoms with Crippen molar-refractivity contribution in [2.24, 2.45) is 5.41 Å². The molecule has 0 aliphatic rings. The Bertz CT molecular complexity index is 1460. The highest BCUT2D eigenvalue weighted by molar-refractivity contribution is 6.04. The number of ether oxygens (including phenoxy) is 1. The molecule has 0 fully saturated rings. The van der Waals surface area contributed by atoms with Crippen LogP contribution in [0.2, 0.25) is 0 Å². The van der Waals surface area contributed by atoms with Gasteiger partial charge in [0.1, 0.15) is 17.5 Å². The average Bonchev–Trinajstić information content (AvgIpc) is 3.27. The van der Waals surface area contributed by atoms with Crippen molar-refractivity contribution in [3.63, 3.8) is 0 Å². The molecule has 2 heterocycles. The van der Waals surface area contributed by atoms with Crippen molar-refractivity contribution >= 4 is 17.0 Å². The van der Waals surface area contributed by atoms with E-state index in [9.17, 15) is 9.50 Å². The molecule has 9 heteroatoms. The predicted octanol–water partition coefficient (Wildman–Crippen LogP) is 3.79. The highest BCUT2D eigenvalue weighted by Gasteiger charge is 2.32. The number of rotatable bonds is 8. The molecule has 7 nitrogen and oxygen atoms in total. The minimum atomic E-state index is -1.11. The number of nitrogens with zero attached hydrogens (tertiary/aromatic N) is 2. The number of anilines is 1. The van der Waals surface area contributed by atoms with Crippen LogP contribution < -0.4 is 20.8 Å². The van der Waals surface area contributed by atoms with E-state index < -0.39 is 23.2 Å². The van der Waals surface area contributed by atoms with E-state index in [0.717, 1.165) is 17.4 Å². The lowest BCUT2D eigenvalue weighted by molar-refractivity contribution is -0.127. The van der Waals surface area contributed by atoms with E-state index in [2.05, 4.69) is 15.6 Å². The topological polar surface area (TPSA) is 96.4 Å². The van der Waals surface area contributed by atoms with E-state index in [0.29, 0.717) is 28.9 Å². The third-order valence-corrected chi connectivity index (χ3v) is 6.21. The lowest BCUT2D eigenvalue weighted by Gasteiger charge is -2.24. The molecule has 0 aliphatic carbocycles. The van der Waals surface area contributed by atoms with Crippen LogP contribution in [0.15, 0.2) is 54.9 Å². The number of imidazole rings is 1. The Labute approximate surface area is 214 Å².